The van der Waals surface area contributed by atoms with Crippen LogP contribution in [0.2, 0.25) is 0 Å². The predicted molar refractivity (Wildman–Crippen MR) is 73.2 cm³/mol. The van der Waals surface area contributed by atoms with Gasteiger partial charge >= 0.3 is 0 Å². The minimum atomic E-state index is -0.804. The van der Waals surface area contributed by atoms with E-state index >= 15 is 0 Å². The topological polar surface area (TPSA) is 21.3 Å². The van der Waals surface area contributed by atoms with E-state index in [1.165, 1.54) is 6.07 Å². The molecule has 0 aliphatic heterocycles. The van der Waals surface area contributed by atoms with Gasteiger partial charge in [0.2, 0.25) is 0 Å². The lowest BCUT2D eigenvalue weighted by Gasteiger charge is -2.37. The molecular weight excluding hydrogens is 248 g/mol. The smallest absolute Gasteiger partial charge is 0.162 e. The Bertz CT molecular complexity index is 411. The summed E-state index contributed by atoms with van der Waals surface area (Å²) in [6, 6.07) is 4.21. The highest BCUT2D eigenvalue weighted by Gasteiger charge is 2.33. The summed E-state index contributed by atoms with van der Waals surface area (Å²) in [4.78, 5) is 0. The predicted octanol–water partition coefficient (Wildman–Crippen LogP) is 3.30. The van der Waals surface area contributed by atoms with Crippen LogP contribution in [-0.4, -0.2) is 25.3 Å². The minimum Gasteiger partial charge on any atom is -0.374 e. The first-order valence-corrected chi connectivity index (χ1v) is 6.72. The SMILES string of the molecule is CCOC(C)(CC)C(Cc1cccc(F)c1F)NC. The van der Waals surface area contributed by atoms with Crippen LogP contribution in [0.3, 0.4) is 0 Å². The molecule has 1 aromatic carbocycles. The van der Waals surface area contributed by atoms with E-state index < -0.39 is 17.2 Å². The van der Waals surface area contributed by atoms with Crippen molar-refractivity contribution in [3.8, 4) is 0 Å². The first-order chi connectivity index (χ1) is 8.98. The zero-order valence-electron chi connectivity index (χ0n) is 12.1. The van der Waals surface area contributed by atoms with E-state index in [4.69, 9.17) is 4.74 Å². The molecule has 1 N–H and O–H groups in total. The summed E-state index contributed by atoms with van der Waals surface area (Å²) in [6.07, 6.45) is 1.19. The van der Waals surface area contributed by atoms with Crippen LogP contribution in [0.4, 0.5) is 8.78 Å². The second kappa shape index (κ2) is 6.96. The third kappa shape index (κ3) is 3.74. The average molecular weight is 271 g/mol. The van der Waals surface area contributed by atoms with Gasteiger partial charge in [-0.15, -0.1) is 0 Å². The molecule has 4 heteroatoms. The third-order valence-electron chi connectivity index (χ3n) is 3.72. The highest BCUT2D eigenvalue weighted by molar-refractivity contribution is 5.21. The maximum atomic E-state index is 13.7. The molecule has 0 saturated heterocycles. The molecule has 0 spiro atoms. The molecule has 0 aliphatic rings. The molecule has 0 aromatic heterocycles. The van der Waals surface area contributed by atoms with Crippen molar-refractivity contribution in [2.45, 2.75) is 45.3 Å². The molecule has 2 atom stereocenters. The number of rotatable bonds is 7. The monoisotopic (exact) mass is 271 g/mol. The van der Waals surface area contributed by atoms with Crippen LogP contribution < -0.4 is 5.32 Å². The van der Waals surface area contributed by atoms with Crippen molar-refractivity contribution in [2.24, 2.45) is 0 Å². The molecule has 19 heavy (non-hydrogen) atoms. The molecule has 1 rings (SSSR count). The van der Waals surface area contributed by atoms with Crippen molar-refractivity contribution in [2.75, 3.05) is 13.7 Å². The Hall–Kier alpha value is -1.00. The second-order valence-electron chi connectivity index (χ2n) is 4.86. The van der Waals surface area contributed by atoms with E-state index in [0.29, 0.717) is 18.6 Å². The van der Waals surface area contributed by atoms with Crippen molar-refractivity contribution in [3.05, 3.63) is 35.4 Å². The fourth-order valence-corrected chi connectivity index (χ4v) is 2.33. The maximum absolute atomic E-state index is 13.7. The van der Waals surface area contributed by atoms with Gasteiger partial charge in [0.25, 0.3) is 0 Å². The number of hydrogen-bond acceptors (Lipinski definition) is 2. The number of halogens is 2. The zero-order valence-corrected chi connectivity index (χ0v) is 12.1. The number of ether oxygens (including phenoxy) is 1. The zero-order chi connectivity index (χ0) is 14.5. The average Bonchev–Trinajstić information content (AvgIpc) is 2.40. The quantitative estimate of drug-likeness (QED) is 0.821. The van der Waals surface area contributed by atoms with Crippen molar-refractivity contribution in [3.63, 3.8) is 0 Å². The molecule has 0 saturated carbocycles. The molecule has 2 unspecified atom stereocenters. The summed E-state index contributed by atoms with van der Waals surface area (Å²) in [5, 5.41) is 3.16. The summed E-state index contributed by atoms with van der Waals surface area (Å²) in [7, 11) is 1.81. The Kier molecular flexibility index (Phi) is 5.88. The van der Waals surface area contributed by atoms with Gasteiger partial charge in [-0.2, -0.15) is 0 Å². The van der Waals surface area contributed by atoms with Crippen molar-refractivity contribution in [1.29, 1.82) is 0 Å². The summed E-state index contributed by atoms with van der Waals surface area (Å²) in [5.74, 6) is -1.57. The van der Waals surface area contributed by atoms with E-state index in [2.05, 4.69) is 5.32 Å². The Morgan fingerprint density at radius 2 is 2.00 bits per heavy atom. The van der Waals surface area contributed by atoms with Gasteiger partial charge in [-0.3, -0.25) is 0 Å². The third-order valence-corrected chi connectivity index (χ3v) is 3.72. The molecule has 0 heterocycles. The van der Waals surface area contributed by atoms with Gasteiger partial charge in [0.1, 0.15) is 0 Å². The van der Waals surface area contributed by atoms with Crippen LogP contribution in [0.1, 0.15) is 32.8 Å². The molecule has 0 radical (unpaired) electrons. The molecule has 1 aromatic rings. The Labute approximate surface area is 114 Å². The Morgan fingerprint density at radius 3 is 2.53 bits per heavy atom. The van der Waals surface area contributed by atoms with Crippen molar-refractivity contribution >= 4 is 0 Å². The number of likely N-dealkylation sites (N-methyl/N-ethyl adjacent to an activating group) is 1. The van der Waals surface area contributed by atoms with Crippen molar-refractivity contribution < 1.29 is 13.5 Å². The Morgan fingerprint density at radius 1 is 1.32 bits per heavy atom. The van der Waals surface area contributed by atoms with Crippen LogP contribution in [0.15, 0.2) is 18.2 Å². The summed E-state index contributed by atoms with van der Waals surface area (Å²) in [6.45, 7) is 6.55. The second-order valence-corrected chi connectivity index (χ2v) is 4.86. The highest BCUT2D eigenvalue weighted by atomic mass is 19.2. The number of nitrogens with one attached hydrogen (secondary N) is 1. The first kappa shape index (κ1) is 16.1. The molecule has 0 aliphatic carbocycles. The molecule has 0 fully saturated rings. The molecule has 0 bridgehead atoms. The highest BCUT2D eigenvalue weighted by Crippen LogP contribution is 2.24. The molecule has 0 amide bonds. The van der Waals surface area contributed by atoms with E-state index in [9.17, 15) is 8.78 Å². The fraction of sp³-hybridized carbons (Fsp3) is 0.600. The molecular formula is C15H23F2NO. The lowest BCUT2D eigenvalue weighted by molar-refractivity contribution is -0.0535. The van der Waals surface area contributed by atoms with Gasteiger partial charge < -0.3 is 10.1 Å². The van der Waals surface area contributed by atoms with Crippen LogP contribution in [0.25, 0.3) is 0 Å². The largest absolute Gasteiger partial charge is 0.374 e. The van der Waals surface area contributed by atoms with Gasteiger partial charge in [0, 0.05) is 12.6 Å². The number of hydrogen-bond donors (Lipinski definition) is 1. The maximum Gasteiger partial charge on any atom is 0.162 e. The van der Waals surface area contributed by atoms with Crippen LogP contribution in [0, 0.1) is 11.6 Å². The van der Waals surface area contributed by atoms with Crippen LogP contribution >= 0.6 is 0 Å². The lowest BCUT2D eigenvalue weighted by Crippen LogP contribution is -2.50. The van der Waals surface area contributed by atoms with E-state index in [1.54, 1.807) is 6.07 Å². The van der Waals surface area contributed by atoms with E-state index in [0.717, 1.165) is 12.5 Å². The molecule has 2 nitrogen and oxygen atoms in total. The van der Waals surface area contributed by atoms with Gasteiger partial charge in [0.05, 0.1) is 5.60 Å². The lowest BCUT2D eigenvalue weighted by atomic mass is 9.88. The van der Waals surface area contributed by atoms with Crippen molar-refractivity contribution in [1.82, 2.24) is 5.32 Å². The Balaban J connectivity index is 2.95. The van der Waals surface area contributed by atoms with Crippen LogP contribution in [-0.2, 0) is 11.2 Å². The molecule has 108 valence electrons. The summed E-state index contributed by atoms with van der Waals surface area (Å²) in [5.41, 5.74) is -0.0267. The van der Waals surface area contributed by atoms with E-state index in [1.807, 2.05) is 27.8 Å². The van der Waals surface area contributed by atoms with E-state index in [-0.39, 0.29) is 6.04 Å². The first-order valence-electron chi connectivity index (χ1n) is 6.72. The van der Waals surface area contributed by atoms with Gasteiger partial charge in [0.15, 0.2) is 11.6 Å². The summed E-state index contributed by atoms with van der Waals surface area (Å²) < 4.78 is 32.8. The van der Waals surface area contributed by atoms with Gasteiger partial charge in [-0.25, -0.2) is 8.78 Å². The van der Waals surface area contributed by atoms with Crippen LogP contribution in [0.5, 0.6) is 0 Å². The number of benzene rings is 1. The fourth-order valence-electron chi connectivity index (χ4n) is 2.33. The normalized spacial score (nSPS) is 16.1. The minimum absolute atomic E-state index is 0.0752. The standard InChI is InChI=1S/C15H23F2NO/c1-5-15(3,19-6-2)13(18-4)10-11-8-7-9-12(16)14(11)17/h7-9,13,18H,5-6,10H2,1-4H3. The van der Waals surface area contributed by atoms with Gasteiger partial charge in [-0.1, -0.05) is 19.1 Å². The van der Waals surface area contributed by atoms with Gasteiger partial charge in [-0.05, 0) is 45.4 Å². The summed E-state index contributed by atoms with van der Waals surface area (Å²) >= 11 is 0.